The van der Waals surface area contributed by atoms with Crippen LogP contribution in [-0.2, 0) is 14.3 Å². The van der Waals surface area contributed by atoms with Crippen molar-refractivity contribution in [2.45, 2.75) is 97.2 Å². The predicted molar refractivity (Wildman–Crippen MR) is 132 cm³/mol. The van der Waals surface area contributed by atoms with Crippen molar-refractivity contribution in [2.24, 2.45) is 34.5 Å². The van der Waals surface area contributed by atoms with Gasteiger partial charge in [-0.1, -0.05) is 57.1 Å². The Hall–Kier alpha value is -1.77. The fourth-order valence-electron chi connectivity index (χ4n) is 8.07. The predicted octanol–water partition coefficient (Wildman–Crippen LogP) is 7.30. The Labute approximate surface area is 200 Å². The summed E-state index contributed by atoms with van der Waals surface area (Å²) in [5.74, 6) is 1.44. The van der Waals surface area contributed by atoms with Crippen LogP contribution in [0, 0.1) is 34.5 Å². The second-order valence-corrected chi connectivity index (χ2v) is 12.4. The molecule has 0 aromatic rings. The van der Waals surface area contributed by atoms with Crippen LogP contribution >= 0.6 is 0 Å². The highest BCUT2D eigenvalue weighted by Crippen LogP contribution is 2.57. The van der Waals surface area contributed by atoms with Crippen molar-refractivity contribution in [3.05, 3.63) is 48.3 Å². The highest BCUT2D eigenvalue weighted by molar-refractivity contribution is 5.83. The van der Waals surface area contributed by atoms with E-state index in [0.717, 1.165) is 38.5 Å². The average Bonchev–Trinajstić information content (AvgIpc) is 3.03. The van der Waals surface area contributed by atoms with Crippen molar-refractivity contribution < 1.29 is 14.3 Å². The smallest absolute Gasteiger partial charge is 0.351 e. The maximum atomic E-state index is 13.2. The monoisotopic (exact) mass is 450 g/mol. The Balaban J connectivity index is 1.38. The summed E-state index contributed by atoms with van der Waals surface area (Å²) in [5.41, 5.74) is 3.64. The SMILES string of the molecule is C=CC1(C)CCC(C2=COC3(CC2)C(=O)OC2CC4(C)CCCC(C)C4=CC23)CC1C(=C)C. The van der Waals surface area contributed by atoms with Crippen LogP contribution in [0.3, 0.4) is 0 Å². The number of fused-ring (bicyclic) bond motifs is 3. The van der Waals surface area contributed by atoms with Crippen molar-refractivity contribution in [3.63, 3.8) is 0 Å². The molecule has 2 aliphatic heterocycles. The number of hydrogen-bond donors (Lipinski definition) is 0. The van der Waals surface area contributed by atoms with Crippen LogP contribution in [0.4, 0.5) is 0 Å². The maximum Gasteiger partial charge on any atom is 0.351 e. The largest absolute Gasteiger partial charge is 0.482 e. The molecule has 0 N–H and O–H groups in total. The van der Waals surface area contributed by atoms with Gasteiger partial charge in [0.15, 0.2) is 0 Å². The highest BCUT2D eigenvalue weighted by atomic mass is 16.6. The Kier molecular flexibility index (Phi) is 5.49. The second-order valence-electron chi connectivity index (χ2n) is 12.4. The molecule has 3 heteroatoms. The molecule has 5 rings (SSSR count). The van der Waals surface area contributed by atoms with E-state index in [2.05, 4.69) is 53.0 Å². The quantitative estimate of drug-likeness (QED) is 0.334. The van der Waals surface area contributed by atoms with Gasteiger partial charge >= 0.3 is 5.97 Å². The molecule has 180 valence electrons. The Morgan fingerprint density at radius 3 is 2.67 bits per heavy atom. The van der Waals surface area contributed by atoms with Gasteiger partial charge in [0.1, 0.15) is 6.10 Å². The van der Waals surface area contributed by atoms with Gasteiger partial charge in [0.2, 0.25) is 5.60 Å². The standard InChI is InChI=1S/C30H42O3/c1-7-28(5)13-10-21(15-23(28)19(2)3)22-11-14-30(32-18-22)25-16-24-20(4)9-8-12-29(24,6)17-26(25)33-27(30)31/h7,16,18,20-21,23,25-26H,1-2,8-15,17H2,3-6H3. The highest BCUT2D eigenvalue weighted by Gasteiger charge is 2.62. The van der Waals surface area contributed by atoms with Crippen LogP contribution in [0.15, 0.2) is 48.3 Å². The van der Waals surface area contributed by atoms with Gasteiger partial charge in [0.25, 0.3) is 0 Å². The number of hydrogen-bond acceptors (Lipinski definition) is 3. The molecule has 5 aliphatic rings. The third kappa shape index (κ3) is 3.48. The zero-order chi connectivity index (χ0) is 23.6. The first kappa shape index (κ1) is 23.0. The number of rotatable bonds is 3. The Morgan fingerprint density at radius 1 is 1.21 bits per heavy atom. The van der Waals surface area contributed by atoms with E-state index < -0.39 is 5.60 Å². The number of ether oxygens (including phenoxy) is 2. The van der Waals surface area contributed by atoms with Gasteiger partial charge in [-0.2, -0.15) is 0 Å². The summed E-state index contributed by atoms with van der Waals surface area (Å²) in [7, 11) is 0. The number of carbonyl (C=O) groups excluding carboxylic acids is 1. The van der Waals surface area contributed by atoms with E-state index in [1.807, 2.05) is 6.26 Å². The van der Waals surface area contributed by atoms with Crippen molar-refractivity contribution in [1.29, 1.82) is 0 Å². The van der Waals surface area contributed by atoms with E-state index in [9.17, 15) is 4.79 Å². The Bertz CT molecular complexity index is 927. The lowest BCUT2D eigenvalue weighted by molar-refractivity contribution is -0.157. The van der Waals surface area contributed by atoms with Gasteiger partial charge in [0, 0.05) is 6.42 Å². The molecule has 0 bridgehead atoms. The van der Waals surface area contributed by atoms with Gasteiger partial charge in [-0.3, -0.25) is 0 Å². The topological polar surface area (TPSA) is 35.5 Å². The van der Waals surface area contributed by atoms with Crippen molar-refractivity contribution in [1.82, 2.24) is 0 Å². The minimum atomic E-state index is -0.822. The molecule has 0 radical (unpaired) electrons. The summed E-state index contributed by atoms with van der Waals surface area (Å²) in [4.78, 5) is 13.2. The molecule has 1 spiro atoms. The minimum absolute atomic E-state index is 0.0396. The number of esters is 1. The first-order chi connectivity index (χ1) is 15.6. The second kappa shape index (κ2) is 7.89. The molecule has 3 nitrogen and oxygen atoms in total. The molecule has 0 aromatic carbocycles. The summed E-state index contributed by atoms with van der Waals surface area (Å²) < 4.78 is 12.5. The fourth-order valence-corrected chi connectivity index (χ4v) is 8.07. The first-order valence-corrected chi connectivity index (χ1v) is 13.2. The molecule has 0 aromatic heterocycles. The zero-order valence-electron chi connectivity index (χ0n) is 21.1. The number of carbonyl (C=O) groups is 1. The van der Waals surface area contributed by atoms with E-state index in [-0.39, 0.29) is 28.8 Å². The van der Waals surface area contributed by atoms with Gasteiger partial charge in [-0.15, -0.1) is 6.58 Å². The summed E-state index contributed by atoms with van der Waals surface area (Å²) >= 11 is 0. The van der Waals surface area contributed by atoms with Crippen LogP contribution in [-0.4, -0.2) is 17.7 Å². The molecule has 33 heavy (non-hydrogen) atoms. The van der Waals surface area contributed by atoms with Crippen LogP contribution in [0.5, 0.6) is 0 Å². The molecule has 8 unspecified atom stereocenters. The molecule has 8 atom stereocenters. The summed E-state index contributed by atoms with van der Waals surface area (Å²) in [6.07, 6.45) is 16.2. The summed E-state index contributed by atoms with van der Waals surface area (Å²) in [5, 5.41) is 0. The normalized spacial score (nSPS) is 46.9. The maximum absolute atomic E-state index is 13.2. The molecule has 3 fully saturated rings. The van der Waals surface area contributed by atoms with Crippen LogP contribution < -0.4 is 0 Å². The van der Waals surface area contributed by atoms with Gasteiger partial charge in [-0.05, 0) is 86.0 Å². The Morgan fingerprint density at radius 2 is 2.00 bits per heavy atom. The summed E-state index contributed by atoms with van der Waals surface area (Å²) in [6, 6.07) is 0. The van der Waals surface area contributed by atoms with Crippen LogP contribution in [0.2, 0.25) is 0 Å². The molecular weight excluding hydrogens is 408 g/mol. The molecule has 0 amide bonds. The number of allylic oxidation sites excluding steroid dienone is 4. The van der Waals surface area contributed by atoms with Gasteiger partial charge < -0.3 is 9.47 Å². The van der Waals surface area contributed by atoms with Gasteiger partial charge in [-0.25, -0.2) is 4.79 Å². The van der Waals surface area contributed by atoms with Crippen LogP contribution in [0.25, 0.3) is 0 Å². The van der Waals surface area contributed by atoms with E-state index in [1.165, 1.54) is 30.4 Å². The van der Waals surface area contributed by atoms with E-state index in [0.29, 0.717) is 17.8 Å². The first-order valence-electron chi connectivity index (χ1n) is 13.2. The fraction of sp³-hybridized carbons (Fsp3) is 0.700. The minimum Gasteiger partial charge on any atom is -0.482 e. The average molecular weight is 451 g/mol. The molecule has 1 saturated heterocycles. The van der Waals surface area contributed by atoms with E-state index >= 15 is 0 Å². The van der Waals surface area contributed by atoms with Crippen LogP contribution in [0.1, 0.15) is 85.5 Å². The molecular formula is C30H42O3. The third-order valence-electron chi connectivity index (χ3n) is 10.3. The summed E-state index contributed by atoms with van der Waals surface area (Å²) in [6.45, 7) is 17.6. The lowest BCUT2D eigenvalue weighted by atomic mass is 9.58. The molecule has 2 saturated carbocycles. The van der Waals surface area contributed by atoms with Gasteiger partial charge in [0.05, 0.1) is 12.2 Å². The molecule has 2 heterocycles. The van der Waals surface area contributed by atoms with Crippen molar-refractivity contribution >= 4 is 5.97 Å². The lowest BCUT2D eigenvalue weighted by Crippen LogP contribution is -2.48. The van der Waals surface area contributed by atoms with Crippen molar-refractivity contribution in [2.75, 3.05) is 0 Å². The van der Waals surface area contributed by atoms with E-state index in [1.54, 1.807) is 5.57 Å². The molecule has 3 aliphatic carbocycles. The van der Waals surface area contributed by atoms with Crippen molar-refractivity contribution in [3.8, 4) is 0 Å². The van der Waals surface area contributed by atoms with E-state index in [4.69, 9.17) is 9.47 Å². The third-order valence-corrected chi connectivity index (χ3v) is 10.3. The zero-order valence-corrected chi connectivity index (χ0v) is 21.1. The lowest BCUT2D eigenvalue weighted by Gasteiger charge is -2.47.